The van der Waals surface area contributed by atoms with Gasteiger partial charge >= 0.3 is 0 Å². The van der Waals surface area contributed by atoms with Gasteiger partial charge in [-0.05, 0) is 19.3 Å². The number of quaternary nitrogens is 1. The summed E-state index contributed by atoms with van der Waals surface area (Å²) in [6, 6.07) is 0. The highest BCUT2D eigenvalue weighted by Gasteiger charge is 2.31. The Hall–Kier alpha value is -1.29. The van der Waals surface area contributed by atoms with Crippen LogP contribution in [0, 0.1) is 0 Å². The average molecular weight is 434 g/mol. The SMILES string of the molecule is CCCCCCCCCCCCCCCCCC[N+]1(CN2CCCC2=O)C=COC=C1. The van der Waals surface area contributed by atoms with Gasteiger partial charge in [0.25, 0.3) is 0 Å². The van der Waals surface area contributed by atoms with Gasteiger partial charge in [-0.1, -0.05) is 96.8 Å². The third-order valence-corrected chi connectivity index (χ3v) is 6.91. The smallest absolute Gasteiger partial charge is 0.226 e. The first kappa shape index (κ1) is 26.0. The lowest BCUT2D eigenvalue weighted by Crippen LogP contribution is -2.48. The molecule has 4 nitrogen and oxygen atoms in total. The first-order valence-corrected chi connectivity index (χ1v) is 13.4. The zero-order chi connectivity index (χ0) is 22.0. The fraction of sp³-hybridized carbons (Fsp3) is 0.815. The third kappa shape index (κ3) is 11.2. The maximum absolute atomic E-state index is 12.1. The number of hydrogen-bond donors (Lipinski definition) is 0. The van der Waals surface area contributed by atoms with Crippen LogP contribution in [-0.2, 0) is 9.53 Å². The van der Waals surface area contributed by atoms with Gasteiger partial charge in [-0.3, -0.25) is 9.69 Å². The molecule has 0 radical (unpaired) electrons. The van der Waals surface area contributed by atoms with E-state index in [1.54, 1.807) is 12.5 Å². The van der Waals surface area contributed by atoms with Crippen molar-refractivity contribution in [3.05, 3.63) is 24.9 Å². The first-order valence-electron chi connectivity index (χ1n) is 13.4. The second-order valence-electron chi connectivity index (χ2n) is 9.74. The Labute approximate surface area is 192 Å². The van der Waals surface area contributed by atoms with Crippen LogP contribution in [0.5, 0.6) is 0 Å². The molecule has 31 heavy (non-hydrogen) atoms. The first-order chi connectivity index (χ1) is 15.3. The van der Waals surface area contributed by atoms with Crippen molar-refractivity contribution in [2.24, 2.45) is 0 Å². The Kier molecular flexibility index (Phi) is 13.7. The average Bonchev–Trinajstić information content (AvgIpc) is 3.18. The number of carbonyl (C=O) groups is 1. The highest BCUT2D eigenvalue weighted by atomic mass is 16.5. The molecule has 0 bridgehead atoms. The molecule has 1 fully saturated rings. The minimum Gasteiger partial charge on any atom is -0.462 e. The van der Waals surface area contributed by atoms with E-state index in [4.69, 9.17) is 4.74 Å². The quantitative estimate of drug-likeness (QED) is 0.155. The van der Waals surface area contributed by atoms with E-state index in [0.29, 0.717) is 12.3 Å². The summed E-state index contributed by atoms with van der Waals surface area (Å²) in [5, 5.41) is 0. The minimum atomic E-state index is 0.303. The number of ether oxygens (including phenoxy) is 1. The third-order valence-electron chi connectivity index (χ3n) is 6.91. The van der Waals surface area contributed by atoms with E-state index in [9.17, 15) is 4.79 Å². The van der Waals surface area contributed by atoms with Crippen LogP contribution in [0.1, 0.15) is 122 Å². The van der Waals surface area contributed by atoms with Crippen molar-refractivity contribution < 1.29 is 14.0 Å². The van der Waals surface area contributed by atoms with Crippen LogP contribution in [0.4, 0.5) is 0 Å². The molecule has 2 aliphatic heterocycles. The standard InChI is InChI=1S/C27H49N2O2/c1-2-3-4-5-6-7-8-9-10-11-12-13-14-15-16-17-21-29(22-24-31-25-23-29)26-28-20-18-19-27(28)30/h22-25H,2-21,26H2,1H3/q+1. The summed E-state index contributed by atoms with van der Waals surface area (Å²) in [6.07, 6.45) is 31.8. The van der Waals surface area contributed by atoms with E-state index in [1.807, 2.05) is 4.90 Å². The summed E-state index contributed by atoms with van der Waals surface area (Å²) in [6.45, 7) is 5.00. The summed E-state index contributed by atoms with van der Waals surface area (Å²) in [5.41, 5.74) is 0. The number of carbonyl (C=O) groups excluding carboxylic acids is 1. The van der Waals surface area contributed by atoms with Crippen LogP contribution in [-0.4, -0.2) is 35.0 Å². The van der Waals surface area contributed by atoms with Crippen molar-refractivity contribution in [1.29, 1.82) is 0 Å². The van der Waals surface area contributed by atoms with Gasteiger partial charge in [0.15, 0.2) is 6.67 Å². The molecule has 0 N–H and O–H groups in total. The number of unbranched alkanes of at least 4 members (excludes halogenated alkanes) is 15. The van der Waals surface area contributed by atoms with E-state index >= 15 is 0 Å². The van der Waals surface area contributed by atoms with Crippen molar-refractivity contribution in [3.8, 4) is 0 Å². The van der Waals surface area contributed by atoms with Crippen LogP contribution in [0.25, 0.3) is 0 Å². The Morgan fingerprint density at radius 3 is 1.71 bits per heavy atom. The molecule has 0 aliphatic carbocycles. The lowest BCUT2D eigenvalue weighted by Gasteiger charge is -2.35. The molecule has 1 saturated heterocycles. The number of rotatable bonds is 19. The summed E-state index contributed by atoms with van der Waals surface area (Å²) in [4.78, 5) is 14.1. The number of likely N-dealkylation sites (tertiary alicyclic amines) is 1. The van der Waals surface area contributed by atoms with Gasteiger partial charge in [0.2, 0.25) is 5.91 Å². The molecule has 2 heterocycles. The molecule has 2 aliphatic rings. The molecule has 0 spiro atoms. The summed E-state index contributed by atoms with van der Waals surface area (Å²) < 4.78 is 6.00. The zero-order valence-corrected chi connectivity index (χ0v) is 20.4. The highest BCUT2D eigenvalue weighted by molar-refractivity contribution is 5.77. The fourth-order valence-electron chi connectivity index (χ4n) is 4.85. The summed E-state index contributed by atoms with van der Waals surface area (Å²) >= 11 is 0. The highest BCUT2D eigenvalue weighted by Crippen LogP contribution is 2.22. The lowest BCUT2D eigenvalue weighted by atomic mass is 10.0. The monoisotopic (exact) mass is 433 g/mol. The van der Waals surface area contributed by atoms with Crippen molar-refractivity contribution >= 4 is 5.91 Å². The van der Waals surface area contributed by atoms with Gasteiger partial charge in [-0.25, -0.2) is 4.48 Å². The van der Waals surface area contributed by atoms with E-state index < -0.39 is 0 Å². The predicted octanol–water partition coefficient (Wildman–Crippen LogP) is 7.62. The Balaban J connectivity index is 1.43. The number of hydrogen-bond acceptors (Lipinski definition) is 2. The van der Waals surface area contributed by atoms with Gasteiger partial charge in [0, 0.05) is 13.0 Å². The van der Waals surface area contributed by atoms with Gasteiger partial charge < -0.3 is 4.74 Å². The van der Waals surface area contributed by atoms with E-state index in [1.165, 1.54) is 103 Å². The van der Waals surface area contributed by atoms with Gasteiger partial charge in [0.1, 0.15) is 24.9 Å². The van der Waals surface area contributed by atoms with Gasteiger partial charge in [-0.2, -0.15) is 0 Å². The molecular formula is C27H49N2O2+. The molecule has 0 aromatic carbocycles. The van der Waals surface area contributed by atoms with Gasteiger partial charge in [0.05, 0.1) is 6.54 Å². The maximum atomic E-state index is 12.1. The topological polar surface area (TPSA) is 29.5 Å². The minimum absolute atomic E-state index is 0.303. The van der Waals surface area contributed by atoms with Crippen LogP contribution < -0.4 is 0 Å². The molecule has 178 valence electrons. The lowest BCUT2D eigenvalue weighted by molar-refractivity contribution is -0.840. The Bertz CT molecular complexity index is 517. The molecule has 0 atom stereocenters. The predicted molar refractivity (Wildman–Crippen MR) is 130 cm³/mol. The molecule has 0 aromatic heterocycles. The fourth-order valence-corrected chi connectivity index (χ4v) is 4.85. The molecule has 4 heteroatoms. The number of nitrogens with zero attached hydrogens (tertiary/aromatic N) is 2. The molecule has 1 amide bonds. The maximum Gasteiger partial charge on any atom is 0.226 e. The van der Waals surface area contributed by atoms with E-state index in [-0.39, 0.29) is 0 Å². The summed E-state index contributed by atoms with van der Waals surface area (Å²) in [5.74, 6) is 0.303. The van der Waals surface area contributed by atoms with Crippen molar-refractivity contribution in [2.75, 3.05) is 19.8 Å². The molecule has 2 rings (SSSR count). The second-order valence-corrected chi connectivity index (χ2v) is 9.74. The zero-order valence-electron chi connectivity index (χ0n) is 20.4. The van der Waals surface area contributed by atoms with Crippen LogP contribution in [0.15, 0.2) is 24.9 Å². The molecule has 0 aromatic rings. The molecule has 0 unspecified atom stereocenters. The summed E-state index contributed by atoms with van der Waals surface area (Å²) in [7, 11) is 0. The van der Waals surface area contributed by atoms with Crippen LogP contribution >= 0.6 is 0 Å². The van der Waals surface area contributed by atoms with Crippen molar-refractivity contribution in [1.82, 2.24) is 4.90 Å². The van der Waals surface area contributed by atoms with Gasteiger partial charge in [-0.15, -0.1) is 0 Å². The number of amides is 1. The van der Waals surface area contributed by atoms with Crippen LogP contribution in [0.2, 0.25) is 0 Å². The van der Waals surface area contributed by atoms with E-state index in [2.05, 4.69) is 19.3 Å². The largest absolute Gasteiger partial charge is 0.462 e. The van der Waals surface area contributed by atoms with Crippen molar-refractivity contribution in [3.63, 3.8) is 0 Å². The van der Waals surface area contributed by atoms with Crippen LogP contribution in [0.3, 0.4) is 0 Å². The normalized spacial score (nSPS) is 17.5. The van der Waals surface area contributed by atoms with E-state index in [0.717, 1.165) is 30.7 Å². The Morgan fingerprint density at radius 2 is 1.26 bits per heavy atom. The second kappa shape index (κ2) is 16.4. The molecule has 0 saturated carbocycles. The van der Waals surface area contributed by atoms with Crippen molar-refractivity contribution in [2.45, 2.75) is 122 Å². The Morgan fingerprint density at radius 1 is 0.774 bits per heavy atom. The molecular weight excluding hydrogens is 384 g/mol.